The third-order valence-corrected chi connectivity index (χ3v) is 3.10. The van der Waals surface area contributed by atoms with Gasteiger partial charge in [-0.15, -0.1) is 0 Å². The molecule has 2 aromatic rings. The summed E-state index contributed by atoms with van der Waals surface area (Å²) in [6.07, 6.45) is 3.96. The van der Waals surface area contributed by atoms with Crippen molar-refractivity contribution in [2.75, 3.05) is 0 Å². The van der Waals surface area contributed by atoms with Gasteiger partial charge >= 0.3 is 0 Å². The molecule has 5 nitrogen and oxygen atoms in total. The maximum atomic E-state index is 11.8. The monoisotopic (exact) mass is 284 g/mol. The maximum absolute atomic E-state index is 11.8. The number of hydrazone groups is 1. The lowest BCUT2D eigenvalue weighted by atomic mass is 10.0. The van der Waals surface area contributed by atoms with Gasteiger partial charge in [-0.3, -0.25) is 9.78 Å². The van der Waals surface area contributed by atoms with Crippen LogP contribution in [0.15, 0.2) is 41.6 Å². The van der Waals surface area contributed by atoms with Gasteiger partial charge in [-0.2, -0.15) is 5.10 Å². The quantitative estimate of drug-likeness (QED) is 0.651. The fourth-order valence-corrected chi connectivity index (χ4v) is 2.10. The van der Waals surface area contributed by atoms with Crippen LogP contribution in [-0.4, -0.2) is 23.1 Å². The highest BCUT2D eigenvalue weighted by Crippen LogP contribution is 2.13. The number of hydrogen-bond acceptors (Lipinski definition) is 4. The zero-order valence-corrected chi connectivity index (χ0v) is 12.3. The van der Waals surface area contributed by atoms with Gasteiger partial charge in [0.05, 0.1) is 17.8 Å². The summed E-state index contributed by atoms with van der Waals surface area (Å²) in [4.78, 5) is 16.1. The molecule has 110 valence electrons. The third kappa shape index (κ3) is 4.10. The molecule has 0 fully saturated rings. The summed E-state index contributed by atoms with van der Waals surface area (Å²) in [5.74, 6) is 0.102. The van der Waals surface area contributed by atoms with Gasteiger partial charge in [0.15, 0.2) is 0 Å². The zero-order valence-electron chi connectivity index (χ0n) is 12.3. The van der Waals surface area contributed by atoms with E-state index in [0.29, 0.717) is 12.3 Å². The highest BCUT2D eigenvalue weighted by Gasteiger charge is 2.13. The first-order chi connectivity index (χ1) is 10.1. The number of amides is 1. The summed E-state index contributed by atoms with van der Waals surface area (Å²) in [5, 5.41) is 5.01. The average molecular weight is 284 g/mol. The first kappa shape index (κ1) is 15.1. The Morgan fingerprint density at radius 3 is 2.90 bits per heavy atom. The number of carbonyl (C=O) groups excluding carboxylic acids is 1. The van der Waals surface area contributed by atoms with Crippen LogP contribution in [-0.2, 0) is 4.79 Å². The molecular formula is C16H20N4O. The molecule has 0 spiro atoms. The Labute approximate surface area is 124 Å². The van der Waals surface area contributed by atoms with Gasteiger partial charge in [0.25, 0.3) is 5.91 Å². The van der Waals surface area contributed by atoms with Crippen LogP contribution >= 0.6 is 0 Å². The van der Waals surface area contributed by atoms with Crippen LogP contribution in [0.2, 0.25) is 0 Å². The van der Waals surface area contributed by atoms with Gasteiger partial charge in [-0.1, -0.05) is 38.1 Å². The normalized spacial score (nSPS) is 13.0. The molecule has 1 atom stereocenters. The van der Waals surface area contributed by atoms with Gasteiger partial charge in [0.1, 0.15) is 0 Å². The standard InChI is InChI=1S/C16H20N4O/c1-11(2)9-14(17)16(21)20-19-10-13-6-3-5-12-7-4-8-18-15(12)13/h3-8,10-11,14H,9,17H2,1-2H3,(H,20,21). The van der Waals surface area contributed by atoms with E-state index in [0.717, 1.165) is 16.5 Å². The minimum atomic E-state index is -0.534. The number of pyridine rings is 1. The van der Waals surface area contributed by atoms with E-state index < -0.39 is 6.04 Å². The van der Waals surface area contributed by atoms with Crippen molar-refractivity contribution in [3.8, 4) is 0 Å². The van der Waals surface area contributed by atoms with E-state index in [1.54, 1.807) is 12.4 Å². The Morgan fingerprint density at radius 1 is 1.38 bits per heavy atom. The molecule has 5 heteroatoms. The molecule has 2 rings (SSSR count). The number of rotatable bonds is 5. The molecule has 1 amide bonds. The molecule has 21 heavy (non-hydrogen) atoms. The van der Waals surface area contributed by atoms with Crippen LogP contribution in [0.25, 0.3) is 10.9 Å². The van der Waals surface area contributed by atoms with E-state index in [4.69, 9.17) is 5.73 Å². The van der Waals surface area contributed by atoms with Crippen LogP contribution in [0, 0.1) is 5.92 Å². The van der Waals surface area contributed by atoms with Crippen molar-refractivity contribution < 1.29 is 4.79 Å². The van der Waals surface area contributed by atoms with E-state index in [1.807, 2.05) is 44.2 Å². The largest absolute Gasteiger partial charge is 0.320 e. The van der Waals surface area contributed by atoms with Crippen molar-refractivity contribution in [3.05, 3.63) is 42.1 Å². The molecule has 1 heterocycles. The summed E-state index contributed by atoms with van der Waals surface area (Å²) in [7, 11) is 0. The lowest BCUT2D eigenvalue weighted by Crippen LogP contribution is -2.39. The highest BCUT2D eigenvalue weighted by atomic mass is 16.2. The van der Waals surface area contributed by atoms with Gasteiger partial charge < -0.3 is 5.73 Å². The number of carbonyl (C=O) groups is 1. The predicted octanol–water partition coefficient (Wildman–Crippen LogP) is 2.06. The fraction of sp³-hybridized carbons (Fsp3) is 0.312. The van der Waals surface area contributed by atoms with Crippen molar-refractivity contribution in [1.29, 1.82) is 0 Å². The molecule has 0 bridgehead atoms. The molecule has 0 aliphatic carbocycles. The molecule has 0 radical (unpaired) electrons. The van der Waals surface area contributed by atoms with Gasteiger partial charge in [0.2, 0.25) is 0 Å². The zero-order chi connectivity index (χ0) is 15.2. The Bertz CT molecular complexity index is 646. The molecule has 3 N–H and O–H groups in total. The third-order valence-electron chi connectivity index (χ3n) is 3.10. The second-order valence-electron chi connectivity index (χ2n) is 5.39. The summed E-state index contributed by atoms with van der Waals surface area (Å²) in [6.45, 7) is 4.05. The van der Waals surface area contributed by atoms with Crippen molar-refractivity contribution in [1.82, 2.24) is 10.4 Å². The Hall–Kier alpha value is -2.27. The molecule has 0 aliphatic rings. The number of para-hydroxylation sites is 1. The number of nitrogens with one attached hydrogen (secondary N) is 1. The molecule has 0 aliphatic heterocycles. The Kier molecular flexibility index (Phi) is 5.00. The molecular weight excluding hydrogens is 264 g/mol. The number of fused-ring (bicyclic) bond motifs is 1. The lowest BCUT2D eigenvalue weighted by Gasteiger charge is -2.11. The minimum Gasteiger partial charge on any atom is -0.320 e. The van der Waals surface area contributed by atoms with E-state index in [2.05, 4.69) is 15.5 Å². The summed E-state index contributed by atoms with van der Waals surface area (Å²) < 4.78 is 0. The second kappa shape index (κ2) is 6.95. The summed E-state index contributed by atoms with van der Waals surface area (Å²) in [6, 6.07) is 9.15. The van der Waals surface area contributed by atoms with E-state index >= 15 is 0 Å². The first-order valence-corrected chi connectivity index (χ1v) is 7.00. The molecule has 1 aromatic carbocycles. The number of nitrogens with zero attached hydrogens (tertiary/aromatic N) is 2. The van der Waals surface area contributed by atoms with Gasteiger partial charge in [-0.05, 0) is 18.4 Å². The summed E-state index contributed by atoms with van der Waals surface area (Å²) in [5.41, 5.74) is 9.97. The number of hydrogen-bond donors (Lipinski definition) is 2. The number of benzene rings is 1. The van der Waals surface area contributed by atoms with Crippen molar-refractivity contribution in [2.24, 2.45) is 16.8 Å². The average Bonchev–Trinajstić information content (AvgIpc) is 2.46. The van der Waals surface area contributed by atoms with E-state index in [1.165, 1.54) is 0 Å². The molecule has 1 unspecified atom stereocenters. The first-order valence-electron chi connectivity index (χ1n) is 7.00. The Balaban J connectivity index is 2.05. The van der Waals surface area contributed by atoms with E-state index in [-0.39, 0.29) is 5.91 Å². The van der Waals surface area contributed by atoms with E-state index in [9.17, 15) is 4.79 Å². The maximum Gasteiger partial charge on any atom is 0.256 e. The highest BCUT2D eigenvalue weighted by molar-refractivity contribution is 5.97. The van der Waals surface area contributed by atoms with Gasteiger partial charge in [-0.25, -0.2) is 5.43 Å². The van der Waals surface area contributed by atoms with Crippen molar-refractivity contribution in [2.45, 2.75) is 26.3 Å². The van der Waals surface area contributed by atoms with Crippen LogP contribution in [0.3, 0.4) is 0 Å². The number of aromatic nitrogens is 1. The van der Waals surface area contributed by atoms with Crippen LogP contribution in [0.5, 0.6) is 0 Å². The summed E-state index contributed by atoms with van der Waals surface area (Å²) >= 11 is 0. The van der Waals surface area contributed by atoms with Crippen LogP contribution in [0.1, 0.15) is 25.8 Å². The smallest absolute Gasteiger partial charge is 0.256 e. The SMILES string of the molecule is CC(C)CC(N)C(=O)NN=Cc1cccc2cccnc12. The van der Waals surface area contributed by atoms with Crippen molar-refractivity contribution in [3.63, 3.8) is 0 Å². The topological polar surface area (TPSA) is 80.4 Å². The Morgan fingerprint density at radius 2 is 2.14 bits per heavy atom. The van der Waals surface area contributed by atoms with Crippen molar-refractivity contribution >= 4 is 23.0 Å². The minimum absolute atomic E-state index is 0.270. The second-order valence-corrected chi connectivity index (χ2v) is 5.39. The van der Waals surface area contributed by atoms with Crippen LogP contribution < -0.4 is 11.2 Å². The van der Waals surface area contributed by atoms with Gasteiger partial charge in [0, 0.05) is 17.1 Å². The van der Waals surface area contributed by atoms with Crippen LogP contribution in [0.4, 0.5) is 0 Å². The molecule has 1 aromatic heterocycles. The fourth-order valence-electron chi connectivity index (χ4n) is 2.10. The lowest BCUT2D eigenvalue weighted by molar-refractivity contribution is -0.122. The predicted molar refractivity (Wildman–Crippen MR) is 84.9 cm³/mol. The molecule has 0 saturated carbocycles. The number of nitrogens with two attached hydrogens (primary N) is 1. The molecule has 0 saturated heterocycles.